The molecular weight excluding hydrogens is 286 g/mol. The second-order valence-corrected chi connectivity index (χ2v) is 5.49. The molecule has 7 heteroatoms. The largest absolute Gasteiger partial charge is 0.484 e. The van der Waals surface area contributed by atoms with E-state index in [1.54, 1.807) is 0 Å². The van der Waals surface area contributed by atoms with Crippen LogP contribution in [-0.2, 0) is 4.79 Å². The van der Waals surface area contributed by atoms with Gasteiger partial charge in [-0.3, -0.25) is 14.9 Å². The van der Waals surface area contributed by atoms with Gasteiger partial charge in [0.15, 0.2) is 6.61 Å². The van der Waals surface area contributed by atoms with E-state index >= 15 is 0 Å². The summed E-state index contributed by atoms with van der Waals surface area (Å²) < 4.78 is 5.35. The summed E-state index contributed by atoms with van der Waals surface area (Å²) in [4.78, 5) is 22.0. The van der Waals surface area contributed by atoms with Crippen LogP contribution in [-0.4, -0.2) is 30.0 Å². The van der Waals surface area contributed by atoms with Crippen molar-refractivity contribution in [3.05, 3.63) is 34.4 Å². The molecule has 7 nitrogen and oxygen atoms in total. The molecule has 1 aliphatic rings. The van der Waals surface area contributed by atoms with Gasteiger partial charge in [0.1, 0.15) is 5.75 Å². The zero-order valence-electron chi connectivity index (χ0n) is 12.4. The fourth-order valence-electron chi connectivity index (χ4n) is 2.74. The van der Waals surface area contributed by atoms with Gasteiger partial charge in [0.05, 0.1) is 4.92 Å². The van der Waals surface area contributed by atoms with Gasteiger partial charge in [-0.15, -0.1) is 0 Å². The van der Waals surface area contributed by atoms with Crippen LogP contribution in [0.1, 0.15) is 25.7 Å². The van der Waals surface area contributed by atoms with Crippen molar-refractivity contribution >= 4 is 11.6 Å². The topological polar surface area (TPSA) is 107 Å². The minimum Gasteiger partial charge on any atom is -0.484 e. The molecule has 22 heavy (non-hydrogen) atoms. The molecule has 1 aliphatic carbocycles. The number of amides is 1. The molecule has 0 radical (unpaired) electrons. The molecule has 0 saturated heterocycles. The first-order valence-electron chi connectivity index (χ1n) is 7.47. The third-order valence-corrected chi connectivity index (χ3v) is 3.98. The van der Waals surface area contributed by atoms with Crippen molar-refractivity contribution in [2.45, 2.75) is 31.7 Å². The van der Waals surface area contributed by atoms with E-state index in [-0.39, 0.29) is 24.2 Å². The molecule has 0 heterocycles. The van der Waals surface area contributed by atoms with E-state index in [2.05, 4.69) is 5.32 Å². The number of nitrogens with zero attached hydrogens (tertiary/aromatic N) is 1. The number of carbonyl (C=O) groups excluding carboxylic acids is 1. The molecule has 0 aromatic heterocycles. The fourth-order valence-corrected chi connectivity index (χ4v) is 2.74. The smallest absolute Gasteiger partial charge is 0.269 e. The first-order valence-corrected chi connectivity index (χ1v) is 7.47. The van der Waals surface area contributed by atoms with E-state index in [1.165, 1.54) is 24.3 Å². The molecule has 2 unspecified atom stereocenters. The van der Waals surface area contributed by atoms with Crippen molar-refractivity contribution in [2.24, 2.45) is 11.7 Å². The number of hydrogen-bond acceptors (Lipinski definition) is 5. The Morgan fingerprint density at radius 1 is 1.32 bits per heavy atom. The Labute approximate surface area is 129 Å². The Morgan fingerprint density at radius 3 is 2.64 bits per heavy atom. The zero-order chi connectivity index (χ0) is 15.9. The number of nitrogens with two attached hydrogens (primary N) is 1. The van der Waals surface area contributed by atoms with Crippen molar-refractivity contribution in [3.8, 4) is 5.75 Å². The number of nitro groups is 1. The second kappa shape index (κ2) is 7.74. The summed E-state index contributed by atoms with van der Waals surface area (Å²) in [5.41, 5.74) is 5.73. The molecule has 2 atom stereocenters. The molecule has 120 valence electrons. The van der Waals surface area contributed by atoms with Crippen LogP contribution >= 0.6 is 0 Å². The molecule has 0 aliphatic heterocycles. The van der Waals surface area contributed by atoms with Crippen molar-refractivity contribution in [2.75, 3.05) is 13.2 Å². The van der Waals surface area contributed by atoms with Gasteiger partial charge in [0.25, 0.3) is 11.6 Å². The lowest BCUT2D eigenvalue weighted by molar-refractivity contribution is -0.384. The predicted octanol–water partition coefficient (Wildman–Crippen LogP) is 1.61. The number of rotatable bonds is 6. The minimum atomic E-state index is -0.480. The van der Waals surface area contributed by atoms with Gasteiger partial charge in [-0.05, 0) is 37.4 Å². The van der Waals surface area contributed by atoms with Gasteiger partial charge in [-0.2, -0.15) is 0 Å². The number of nitro benzene ring substituents is 1. The summed E-state index contributed by atoms with van der Waals surface area (Å²) in [6.07, 6.45) is 4.26. The van der Waals surface area contributed by atoms with E-state index in [0.29, 0.717) is 18.2 Å². The van der Waals surface area contributed by atoms with Crippen LogP contribution in [0.5, 0.6) is 5.75 Å². The third-order valence-electron chi connectivity index (χ3n) is 3.98. The first-order chi connectivity index (χ1) is 10.6. The first kappa shape index (κ1) is 16.2. The van der Waals surface area contributed by atoms with Crippen molar-refractivity contribution in [1.82, 2.24) is 5.32 Å². The van der Waals surface area contributed by atoms with Crippen LogP contribution in [0, 0.1) is 16.0 Å². The normalized spacial score (nSPS) is 21.1. The Bertz CT molecular complexity index is 518. The van der Waals surface area contributed by atoms with E-state index in [4.69, 9.17) is 10.5 Å². The maximum absolute atomic E-state index is 11.9. The summed E-state index contributed by atoms with van der Waals surface area (Å²) in [5, 5.41) is 13.5. The van der Waals surface area contributed by atoms with Crippen molar-refractivity contribution in [3.63, 3.8) is 0 Å². The number of ether oxygens (including phenoxy) is 1. The summed E-state index contributed by atoms with van der Waals surface area (Å²) >= 11 is 0. The standard InChI is InChI=1S/C15H21N3O4/c16-9-11-3-1-2-4-14(11)17-15(19)10-22-13-7-5-12(6-8-13)18(20)21/h5-8,11,14H,1-4,9-10,16H2,(H,17,19). The SMILES string of the molecule is NCC1CCCCC1NC(=O)COc1ccc([N+](=O)[O-])cc1. The average molecular weight is 307 g/mol. The van der Waals surface area contributed by atoms with E-state index in [0.717, 1.165) is 25.7 Å². The van der Waals surface area contributed by atoms with Gasteiger partial charge in [0.2, 0.25) is 0 Å². The fraction of sp³-hybridized carbons (Fsp3) is 0.533. The van der Waals surface area contributed by atoms with Crippen LogP contribution in [0.3, 0.4) is 0 Å². The zero-order valence-corrected chi connectivity index (χ0v) is 12.4. The highest BCUT2D eigenvalue weighted by atomic mass is 16.6. The van der Waals surface area contributed by atoms with Crippen molar-refractivity contribution in [1.29, 1.82) is 0 Å². The monoisotopic (exact) mass is 307 g/mol. The Balaban J connectivity index is 1.80. The van der Waals surface area contributed by atoms with Crippen molar-refractivity contribution < 1.29 is 14.5 Å². The van der Waals surface area contributed by atoms with Gasteiger partial charge >= 0.3 is 0 Å². The molecule has 0 spiro atoms. The maximum atomic E-state index is 11.9. The lowest BCUT2D eigenvalue weighted by atomic mass is 9.84. The Hall–Kier alpha value is -2.15. The number of nitrogens with one attached hydrogen (secondary N) is 1. The number of non-ortho nitro benzene ring substituents is 1. The van der Waals surface area contributed by atoms with E-state index in [1.807, 2.05) is 0 Å². The van der Waals surface area contributed by atoms with Crippen LogP contribution in [0.25, 0.3) is 0 Å². The van der Waals surface area contributed by atoms with Crippen LogP contribution in [0.15, 0.2) is 24.3 Å². The summed E-state index contributed by atoms with van der Waals surface area (Å²) in [7, 11) is 0. The molecular formula is C15H21N3O4. The van der Waals surface area contributed by atoms with E-state index < -0.39 is 4.92 Å². The molecule has 1 aromatic carbocycles. The highest BCUT2D eigenvalue weighted by Crippen LogP contribution is 2.23. The summed E-state index contributed by atoms with van der Waals surface area (Å²) in [6, 6.07) is 5.77. The van der Waals surface area contributed by atoms with Crippen LogP contribution < -0.4 is 15.8 Å². The second-order valence-electron chi connectivity index (χ2n) is 5.49. The quantitative estimate of drug-likeness (QED) is 0.613. The number of benzene rings is 1. The Morgan fingerprint density at radius 2 is 2.00 bits per heavy atom. The predicted molar refractivity (Wildman–Crippen MR) is 81.5 cm³/mol. The third kappa shape index (κ3) is 4.42. The van der Waals surface area contributed by atoms with Crippen LogP contribution in [0.4, 0.5) is 5.69 Å². The lowest BCUT2D eigenvalue weighted by Gasteiger charge is -2.31. The summed E-state index contributed by atoms with van der Waals surface area (Å²) in [5.74, 6) is 0.570. The highest BCUT2D eigenvalue weighted by Gasteiger charge is 2.25. The molecule has 1 fully saturated rings. The lowest BCUT2D eigenvalue weighted by Crippen LogP contribution is -2.46. The molecule has 1 aromatic rings. The molecule has 1 saturated carbocycles. The Kier molecular flexibility index (Phi) is 5.71. The summed E-state index contributed by atoms with van der Waals surface area (Å²) in [6.45, 7) is 0.472. The van der Waals surface area contributed by atoms with Gasteiger partial charge in [-0.25, -0.2) is 0 Å². The van der Waals surface area contributed by atoms with Gasteiger partial charge in [-0.1, -0.05) is 12.8 Å². The highest BCUT2D eigenvalue weighted by molar-refractivity contribution is 5.77. The minimum absolute atomic E-state index is 0.00945. The molecule has 3 N–H and O–H groups in total. The molecule has 2 rings (SSSR count). The van der Waals surface area contributed by atoms with Gasteiger partial charge in [0, 0.05) is 18.2 Å². The number of carbonyl (C=O) groups is 1. The van der Waals surface area contributed by atoms with E-state index in [9.17, 15) is 14.9 Å². The number of hydrogen-bond donors (Lipinski definition) is 2. The molecule has 1 amide bonds. The van der Waals surface area contributed by atoms with Crippen LogP contribution in [0.2, 0.25) is 0 Å². The maximum Gasteiger partial charge on any atom is 0.269 e. The van der Waals surface area contributed by atoms with Gasteiger partial charge < -0.3 is 15.8 Å². The average Bonchev–Trinajstić information content (AvgIpc) is 2.54. The molecule has 0 bridgehead atoms.